The van der Waals surface area contributed by atoms with Crippen LogP contribution in [0.1, 0.15) is 103 Å². The maximum Gasteiger partial charge on any atom is 2.00 e. The Kier molecular flexibility index (Phi) is 33.1. The molecule has 152 valence electrons. The van der Waals surface area contributed by atoms with E-state index in [1.807, 2.05) is 12.2 Å². The minimum Gasteiger partial charge on any atom is -0.550 e. The molecule has 5 heteroatoms. The van der Waals surface area contributed by atoms with E-state index in [0.717, 1.165) is 51.4 Å². The minimum atomic E-state index is -0.924. The van der Waals surface area contributed by atoms with E-state index in [0.29, 0.717) is 0 Å². The summed E-state index contributed by atoms with van der Waals surface area (Å²) < 4.78 is 0. The van der Waals surface area contributed by atoms with Crippen molar-refractivity contribution in [2.45, 2.75) is 103 Å². The Balaban J connectivity index is -0.000000411. The SMILES string of the molecule is C=CCCCCCCCCC(=O)[O-].C=CCCCCCCCCC(=O)[O-].[Ba+2]. The quantitative estimate of drug-likeness (QED) is 0.162. The summed E-state index contributed by atoms with van der Waals surface area (Å²) in [4.78, 5) is 20.1. The molecule has 0 bridgehead atoms. The first-order chi connectivity index (χ1) is 12.5. The third kappa shape index (κ3) is 37.4. The van der Waals surface area contributed by atoms with Crippen LogP contribution < -0.4 is 10.2 Å². The van der Waals surface area contributed by atoms with E-state index in [1.54, 1.807) is 0 Å². The Hall–Kier alpha value is -0.00857. The number of carbonyl (C=O) groups excluding carboxylic acids is 2. The Morgan fingerprint density at radius 2 is 0.815 bits per heavy atom. The van der Waals surface area contributed by atoms with Crippen LogP contribution in [0.15, 0.2) is 25.3 Å². The Morgan fingerprint density at radius 1 is 0.556 bits per heavy atom. The van der Waals surface area contributed by atoms with Gasteiger partial charge in [-0.3, -0.25) is 0 Å². The summed E-state index contributed by atoms with van der Waals surface area (Å²) in [5.41, 5.74) is 0. The molecule has 0 spiro atoms. The van der Waals surface area contributed by atoms with Crippen molar-refractivity contribution in [1.29, 1.82) is 0 Å². The monoisotopic (exact) mass is 504 g/mol. The van der Waals surface area contributed by atoms with Gasteiger partial charge in [0.05, 0.1) is 0 Å². The number of rotatable bonds is 18. The molecule has 0 rings (SSSR count). The zero-order valence-electron chi connectivity index (χ0n) is 17.2. The standard InChI is InChI=1S/2C11H20O2.Ba/c2*1-2-3-4-5-6-7-8-9-10-11(12)13;/h2*2H,1,3-10H2,(H,12,13);/q;;+2/p-2. The van der Waals surface area contributed by atoms with Crippen molar-refractivity contribution in [3.05, 3.63) is 25.3 Å². The summed E-state index contributed by atoms with van der Waals surface area (Å²) in [5, 5.41) is 20.1. The van der Waals surface area contributed by atoms with Crippen LogP contribution >= 0.6 is 0 Å². The fraction of sp³-hybridized carbons (Fsp3) is 0.727. The summed E-state index contributed by atoms with van der Waals surface area (Å²) in [6.07, 6.45) is 19.7. The van der Waals surface area contributed by atoms with Crippen LogP contribution in [0.3, 0.4) is 0 Å². The third-order valence-corrected chi connectivity index (χ3v) is 4.08. The van der Waals surface area contributed by atoms with Gasteiger partial charge in [0, 0.05) is 11.9 Å². The van der Waals surface area contributed by atoms with Crippen LogP contribution in [-0.4, -0.2) is 60.8 Å². The van der Waals surface area contributed by atoms with Gasteiger partial charge in [-0.25, -0.2) is 0 Å². The van der Waals surface area contributed by atoms with Crippen molar-refractivity contribution in [3.63, 3.8) is 0 Å². The molecule has 0 atom stereocenters. The van der Waals surface area contributed by atoms with Crippen molar-refractivity contribution >= 4 is 60.8 Å². The zero-order valence-corrected chi connectivity index (χ0v) is 21.7. The van der Waals surface area contributed by atoms with E-state index < -0.39 is 11.9 Å². The Bertz CT molecular complexity index is 322. The second kappa shape index (κ2) is 28.2. The van der Waals surface area contributed by atoms with E-state index in [4.69, 9.17) is 0 Å². The van der Waals surface area contributed by atoms with Gasteiger partial charge in [0.1, 0.15) is 0 Å². The molecule has 0 aliphatic heterocycles. The molecule has 4 nitrogen and oxygen atoms in total. The minimum absolute atomic E-state index is 0. The topological polar surface area (TPSA) is 80.3 Å². The second-order valence-electron chi connectivity index (χ2n) is 6.64. The Morgan fingerprint density at radius 3 is 1.07 bits per heavy atom. The van der Waals surface area contributed by atoms with E-state index in [9.17, 15) is 19.8 Å². The third-order valence-electron chi connectivity index (χ3n) is 4.08. The molecule has 0 unspecified atom stereocenters. The molecule has 0 aromatic rings. The van der Waals surface area contributed by atoms with Crippen LogP contribution in [0.4, 0.5) is 0 Å². The molecule has 0 aliphatic carbocycles. The molecule has 0 amide bonds. The molecule has 0 aromatic carbocycles. The van der Waals surface area contributed by atoms with Crippen molar-refractivity contribution in [2.75, 3.05) is 0 Å². The Labute approximate surface area is 207 Å². The van der Waals surface area contributed by atoms with Crippen LogP contribution in [0, 0.1) is 0 Å². The van der Waals surface area contributed by atoms with Gasteiger partial charge in [0.15, 0.2) is 0 Å². The second-order valence-corrected chi connectivity index (χ2v) is 6.64. The van der Waals surface area contributed by atoms with Crippen LogP contribution in [0.5, 0.6) is 0 Å². The van der Waals surface area contributed by atoms with Crippen LogP contribution in [0.2, 0.25) is 0 Å². The first-order valence-electron chi connectivity index (χ1n) is 10.2. The molecule has 0 fully saturated rings. The molecule has 0 aromatic heterocycles. The molecule has 27 heavy (non-hydrogen) atoms. The molecule has 0 saturated carbocycles. The zero-order chi connectivity index (χ0) is 19.9. The number of hydrogen-bond acceptors (Lipinski definition) is 4. The van der Waals surface area contributed by atoms with E-state index in [1.165, 1.54) is 38.5 Å². The van der Waals surface area contributed by atoms with E-state index >= 15 is 0 Å². The van der Waals surface area contributed by atoms with Gasteiger partial charge in [-0.05, 0) is 51.4 Å². The number of allylic oxidation sites excluding steroid dienone is 2. The van der Waals surface area contributed by atoms with Crippen LogP contribution in [0.25, 0.3) is 0 Å². The molecule has 0 radical (unpaired) electrons. The largest absolute Gasteiger partial charge is 2.00 e. The van der Waals surface area contributed by atoms with Gasteiger partial charge in [-0.15, -0.1) is 13.2 Å². The van der Waals surface area contributed by atoms with Gasteiger partial charge >= 0.3 is 48.9 Å². The molecule has 0 saturated heterocycles. The summed E-state index contributed by atoms with van der Waals surface area (Å²) in [5.74, 6) is -1.85. The predicted octanol–water partition coefficient (Wildman–Crippen LogP) is 3.71. The average Bonchev–Trinajstić information content (AvgIpc) is 2.60. The average molecular weight is 504 g/mol. The van der Waals surface area contributed by atoms with E-state index in [-0.39, 0.29) is 61.7 Å². The van der Waals surface area contributed by atoms with Crippen LogP contribution in [-0.2, 0) is 9.59 Å². The van der Waals surface area contributed by atoms with Gasteiger partial charge < -0.3 is 19.8 Å². The number of hydrogen-bond donors (Lipinski definition) is 0. The predicted molar refractivity (Wildman–Crippen MR) is 110 cm³/mol. The summed E-state index contributed by atoms with van der Waals surface area (Å²) in [6.45, 7) is 7.31. The first kappa shape index (κ1) is 31.7. The number of unbranched alkanes of at least 4 members (excludes halogenated alkanes) is 12. The van der Waals surface area contributed by atoms with Gasteiger partial charge in [-0.2, -0.15) is 0 Å². The van der Waals surface area contributed by atoms with Gasteiger partial charge in [-0.1, -0.05) is 63.5 Å². The summed E-state index contributed by atoms with van der Waals surface area (Å²) >= 11 is 0. The normalized spacial score (nSPS) is 9.48. The summed E-state index contributed by atoms with van der Waals surface area (Å²) in [7, 11) is 0. The molecule has 0 aliphatic rings. The van der Waals surface area contributed by atoms with Crippen molar-refractivity contribution < 1.29 is 19.8 Å². The van der Waals surface area contributed by atoms with Gasteiger partial charge in [0.25, 0.3) is 0 Å². The summed E-state index contributed by atoms with van der Waals surface area (Å²) in [6, 6.07) is 0. The number of carboxylic acids is 2. The molecular formula is C22H38BaO4. The van der Waals surface area contributed by atoms with Crippen molar-refractivity contribution in [2.24, 2.45) is 0 Å². The van der Waals surface area contributed by atoms with Crippen molar-refractivity contribution in [3.8, 4) is 0 Å². The smallest absolute Gasteiger partial charge is 0.550 e. The van der Waals surface area contributed by atoms with E-state index in [2.05, 4.69) is 13.2 Å². The fourth-order valence-corrected chi connectivity index (χ4v) is 2.53. The molecule has 0 heterocycles. The molecule has 0 N–H and O–H groups in total. The number of aliphatic carboxylic acids is 2. The first-order valence-corrected chi connectivity index (χ1v) is 10.2. The number of carbonyl (C=O) groups is 2. The number of carboxylic acid groups (broad SMARTS) is 2. The maximum absolute atomic E-state index is 10.1. The maximum atomic E-state index is 10.1. The molecular weight excluding hydrogens is 466 g/mol. The van der Waals surface area contributed by atoms with Crippen molar-refractivity contribution in [1.82, 2.24) is 0 Å². The van der Waals surface area contributed by atoms with Gasteiger partial charge in [0.2, 0.25) is 0 Å². The fourth-order valence-electron chi connectivity index (χ4n) is 2.53.